The highest BCUT2D eigenvalue weighted by molar-refractivity contribution is 8.16. The van der Waals surface area contributed by atoms with E-state index >= 15 is 0 Å². The number of ether oxygens (including phenoxy) is 2. The summed E-state index contributed by atoms with van der Waals surface area (Å²) in [5.41, 5.74) is -3.09. The van der Waals surface area contributed by atoms with Crippen LogP contribution in [-0.2, 0) is 38.2 Å². The van der Waals surface area contributed by atoms with Crippen molar-refractivity contribution in [2.45, 2.75) is 64.8 Å². The average molecular weight is 503 g/mol. The van der Waals surface area contributed by atoms with E-state index in [0.717, 1.165) is 0 Å². The van der Waals surface area contributed by atoms with Gasteiger partial charge in [-0.3, -0.25) is 4.55 Å². The van der Waals surface area contributed by atoms with Gasteiger partial charge in [0.2, 0.25) is 0 Å². The molecule has 172 valence electrons. The number of rotatable bonds is 6. The number of hydrogen-bond acceptors (Lipinski definition) is 8. The van der Waals surface area contributed by atoms with E-state index < -0.39 is 103 Å². The number of esters is 2. The molecule has 0 spiro atoms. The molecule has 0 saturated carbocycles. The zero-order chi connectivity index (χ0) is 37.3. The van der Waals surface area contributed by atoms with E-state index in [9.17, 15) is 31.0 Å². The van der Waals surface area contributed by atoms with Crippen molar-refractivity contribution in [2.75, 3.05) is 13.2 Å². The van der Waals surface area contributed by atoms with Crippen LogP contribution in [0.15, 0.2) is 21.0 Å². The van der Waals surface area contributed by atoms with Crippen molar-refractivity contribution < 1.29 is 62.4 Å². The molecule has 0 aromatic rings. The lowest BCUT2D eigenvalue weighted by molar-refractivity contribution is -0.139. The summed E-state index contributed by atoms with van der Waals surface area (Å²) in [6.45, 7) is 1.91. The minimum atomic E-state index is -5.58. The Hall–Kier alpha value is -1.43. The van der Waals surface area contributed by atoms with Crippen LogP contribution in [0.25, 0.3) is 0 Å². The maximum Gasteiger partial charge on any atom is 0.335 e. The Bertz CT molecular complexity index is 1450. The van der Waals surface area contributed by atoms with Crippen molar-refractivity contribution in [3.63, 3.8) is 0 Å². The Morgan fingerprint density at radius 2 is 1.23 bits per heavy atom. The largest absolute Gasteiger partial charge is 0.463 e. The zero-order valence-corrected chi connectivity index (χ0v) is 17.7. The van der Waals surface area contributed by atoms with Gasteiger partial charge >= 0.3 is 11.9 Å². The fraction of sp³-hybridized carbons (Fsp3) is 0.667. The molecular formula is C18H27ClO9S2. The third-order valence-corrected chi connectivity index (χ3v) is 4.85. The molecule has 0 bridgehead atoms. The molecule has 0 saturated heterocycles. The van der Waals surface area contributed by atoms with Gasteiger partial charge in [-0.25, -0.2) is 18.0 Å². The van der Waals surface area contributed by atoms with E-state index in [-0.39, 0.29) is 13.2 Å². The van der Waals surface area contributed by atoms with Crippen LogP contribution in [0.4, 0.5) is 0 Å². The van der Waals surface area contributed by atoms with Gasteiger partial charge in [0.1, 0.15) is 0 Å². The molecule has 0 aromatic heterocycles. The summed E-state index contributed by atoms with van der Waals surface area (Å²) in [5, 5.41) is 0. The van der Waals surface area contributed by atoms with Crippen LogP contribution < -0.4 is 0 Å². The fourth-order valence-electron chi connectivity index (χ4n) is 1.67. The molecule has 9 nitrogen and oxygen atoms in total. The number of carbonyl (C=O) groups is 2. The van der Waals surface area contributed by atoms with Gasteiger partial charge in [0.05, 0.1) is 34.2 Å². The first-order valence-electron chi connectivity index (χ1n) is 15.7. The van der Waals surface area contributed by atoms with E-state index in [0.29, 0.717) is 0 Å². The summed E-state index contributed by atoms with van der Waals surface area (Å²) < 4.78 is 187. The highest BCUT2D eigenvalue weighted by Gasteiger charge is 2.28. The molecule has 12 heteroatoms. The first-order valence-corrected chi connectivity index (χ1v) is 11.5. The van der Waals surface area contributed by atoms with Gasteiger partial charge in [-0.05, 0) is 64.8 Å². The normalized spacial score (nSPS) is 39.1. The maximum atomic E-state index is 12.0. The number of halogens is 1. The Labute approximate surface area is 204 Å². The van der Waals surface area contributed by atoms with Gasteiger partial charge in [0, 0.05) is 32.6 Å². The van der Waals surface area contributed by atoms with Crippen LogP contribution in [0.3, 0.4) is 0 Å². The van der Waals surface area contributed by atoms with Crippen molar-refractivity contribution in [1.29, 1.82) is 0 Å². The van der Waals surface area contributed by atoms with E-state index in [1.54, 1.807) is 0 Å². The zero-order valence-electron chi connectivity index (χ0n) is 31.3. The Morgan fingerprint density at radius 1 is 0.867 bits per heavy atom. The van der Waals surface area contributed by atoms with Crippen molar-refractivity contribution in [3.8, 4) is 0 Å². The molecule has 0 amide bonds. The van der Waals surface area contributed by atoms with Gasteiger partial charge in [0.15, 0.2) is 0 Å². The highest BCUT2D eigenvalue weighted by Crippen LogP contribution is 2.31. The molecule has 0 aliphatic heterocycles. The van der Waals surface area contributed by atoms with Crippen molar-refractivity contribution in [2.24, 2.45) is 0 Å². The van der Waals surface area contributed by atoms with E-state index in [1.165, 1.54) is 13.8 Å². The molecule has 30 heavy (non-hydrogen) atoms. The standard InChI is InChI=1S/C9H13ClO4S.C9H14O5S/c1-2-14-9(11)7-5-3-4-6-8(7)15(10,12)13;1-2-14-9(10)7-5-3-4-6-8(7)15(11,12)13/h2-6H2,1H3;2-6H2,1H3,(H,11,12,13)/i2*3D2,4D2,5D2,6D2. The second-order valence-corrected chi connectivity index (χ2v) is 8.62. The number of hydrogen-bond donors (Lipinski definition) is 1. The molecule has 0 heterocycles. The molecule has 0 radical (unpaired) electrons. The van der Waals surface area contributed by atoms with Crippen LogP contribution in [0.2, 0.25) is 0 Å². The molecule has 2 aliphatic rings. The van der Waals surface area contributed by atoms with Crippen molar-refractivity contribution in [1.82, 2.24) is 0 Å². The lowest BCUT2D eigenvalue weighted by atomic mass is 9.99. The topological polar surface area (TPSA) is 141 Å². The lowest BCUT2D eigenvalue weighted by Crippen LogP contribution is -2.17. The van der Waals surface area contributed by atoms with Crippen molar-refractivity contribution >= 4 is 41.8 Å². The molecule has 1 N–H and O–H groups in total. The quantitative estimate of drug-likeness (QED) is 0.329. The second kappa shape index (κ2) is 11.8. The van der Waals surface area contributed by atoms with Crippen LogP contribution in [0.5, 0.6) is 0 Å². The minimum Gasteiger partial charge on any atom is -0.463 e. The van der Waals surface area contributed by atoms with Crippen molar-refractivity contribution in [3.05, 3.63) is 21.0 Å². The van der Waals surface area contributed by atoms with E-state index in [4.69, 9.17) is 32.6 Å². The molecule has 2 aliphatic carbocycles. The third-order valence-electron chi connectivity index (χ3n) is 2.77. The van der Waals surface area contributed by atoms with Crippen LogP contribution in [0, 0.1) is 0 Å². The average Bonchev–Trinajstić information content (AvgIpc) is 2.82. The molecule has 0 atom stereocenters. The molecular weight excluding hydrogens is 460 g/mol. The number of allylic oxidation sites excluding steroid dienone is 2. The summed E-state index contributed by atoms with van der Waals surface area (Å²) in [6.07, 6.45) is -29.0. The predicted octanol–water partition coefficient (Wildman–Crippen LogP) is 3.21. The predicted molar refractivity (Wildman–Crippen MR) is 111 cm³/mol. The van der Waals surface area contributed by atoms with Gasteiger partial charge in [0.25, 0.3) is 19.2 Å². The summed E-state index contributed by atoms with van der Waals surface area (Å²) in [6, 6.07) is 0. The van der Waals surface area contributed by atoms with Gasteiger partial charge in [-0.2, -0.15) is 8.42 Å². The maximum absolute atomic E-state index is 12.0. The summed E-state index contributed by atoms with van der Waals surface area (Å²) in [5.74, 6) is -3.33. The first kappa shape index (κ1) is 10.9. The molecule has 2 rings (SSSR count). The van der Waals surface area contributed by atoms with Gasteiger partial charge in [-0.1, -0.05) is 0 Å². The molecule has 0 fully saturated rings. The smallest absolute Gasteiger partial charge is 0.335 e. The Morgan fingerprint density at radius 3 is 1.60 bits per heavy atom. The number of carbonyl (C=O) groups excluding carboxylic acids is 2. The summed E-state index contributed by atoms with van der Waals surface area (Å²) in [4.78, 5) is 20.3. The second-order valence-electron chi connectivity index (χ2n) is 4.76. The SMILES string of the molecule is [2H]C1([2H])C(C(=O)OCC)=C(S(=O)(=O)Cl)C([2H])([2H])C([2H])([2H])C1([2H])[2H].[2H]C1([2H])C(C(=O)OCC)=C(S(=O)(=O)O)C([2H])([2H])C([2H])([2H])C1([2H])[2H]. The summed E-state index contributed by atoms with van der Waals surface area (Å²) >= 11 is 0. The highest BCUT2D eigenvalue weighted by atomic mass is 35.7. The first-order chi connectivity index (χ1) is 20.0. The molecule has 0 aromatic carbocycles. The van der Waals surface area contributed by atoms with E-state index in [2.05, 4.69) is 9.47 Å². The van der Waals surface area contributed by atoms with Crippen LogP contribution in [0.1, 0.15) is 86.8 Å². The van der Waals surface area contributed by atoms with Gasteiger partial charge in [-0.15, -0.1) is 0 Å². The fourth-order valence-corrected chi connectivity index (χ4v) is 3.14. The van der Waals surface area contributed by atoms with E-state index in [1.807, 2.05) is 0 Å². The van der Waals surface area contributed by atoms with Gasteiger partial charge < -0.3 is 9.47 Å². The third kappa shape index (κ3) is 8.01. The van der Waals surface area contributed by atoms with Crippen LogP contribution >= 0.6 is 10.7 Å². The Balaban J connectivity index is 0.000000460. The monoisotopic (exact) mass is 502 g/mol. The molecule has 0 unspecified atom stereocenters. The lowest BCUT2D eigenvalue weighted by Gasteiger charge is -2.16. The van der Waals surface area contributed by atoms with Crippen LogP contribution in [-0.4, -0.2) is 46.5 Å². The minimum absolute atomic E-state index is 0.326. The summed E-state index contributed by atoms with van der Waals surface area (Å²) in [7, 11) is -5.60. The Kier molecular flexibility index (Phi) is 4.31.